The van der Waals surface area contributed by atoms with Gasteiger partial charge in [-0.1, -0.05) is 12.1 Å². The number of hydrogen-bond acceptors (Lipinski definition) is 4. The standard InChI is InChI=1S/C15H20FNO3/c1-3-19-15(18)10(2)20-14-11(5-4-6-13(14)16)9-17-12-7-8-12/h4-6,10,12,17H,3,7-9H2,1-2H3. The van der Waals surface area contributed by atoms with Crippen molar-refractivity contribution in [3.63, 3.8) is 0 Å². The highest BCUT2D eigenvalue weighted by atomic mass is 19.1. The van der Waals surface area contributed by atoms with Gasteiger partial charge < -0.3 is 14.8 Å². The van der Waals surface area contributed by atoms with Crippen LogP contribution < -0.4 is 10.1 Å². The summed E-state index contributed by atoms with van der Waals surface area (Å²) in [5.41, 5.74) is 0.716. The number of para-hydroxylation sites is 1. The van der Waals surface area contributed by atoms with Crippen LogP contribution in [0.4, 0.5) is 4.39 Å². The molecular weight excluding hydrogens is 261 g/mol. The number of hydrogen-bond donors (Lipinski definition) is 1. The van der Waals surface area contributed by atoms with Crippen molar-refractivity contribution >= 4 is 5.97 Å². The van der Waals surface area contributed by atoms with Crippen molar-refractivity contribution in [1.29, 1.82) is 0 Å². The molecule has 1 N–H and O–H groups in total. The minimum Gasteiger partial charge on any atom is -0.476 e. The van der Waals surface area contributed by atoms with E-state index in [1.807, 2.05) is 0 Å². The van der Waals surface area contributed by atoms with Crippen molar-refractivity contribution in [2.24, 2.45) is 0 Å². The molecule has 5 heteroatoms. The molecule has 0 radical (unpaired) electrons. The van der Waals surface area contributed by atoms with E-state index in [-0.39, 0.29) is 12.4 Å². The van der Waals surface area contributed by atoms with Gasteiger partial charge in [0.15, 0.2) is 17.7 Å². The lowest BCUT2D eigenvalue weighted by molar-refractivity contribution is -0.150. The van der Waals surface area contributed by atoms with Gasteiger partial charge in [0.1, 0.15) is 0 Å². The van der Waals surface area contributed by atoms with Crippen LogP contribution in [0.2, 0.25) is 0 Å². The zero-order chi connectivity index (χ0) is 14.5. The number of carbonyl (C=O) groups is 1. The summed E-state index contributed by atoms with van der Waals surface area (Å²) < 4.78 is 24.2. The number of halogens is 1. The molecule has 0 aromatic heterocycles. The van der Waals surface area contributed by atoms with Gasteiger partial charge in [0.05, 0.1) is 6.61 Å². The second-order valence-electron chi connectivity index (χ2n) is 4.90. The normalized spacial score (nSPS) is 15.8. The third-order valence-electron chi connectivity index (χ3n) is 3.12. The Morgan fingerprint density at radius 2 is 2.25 bits per heavy atom. The lowest BCUT2D eigenvalue weighted by Crippen LogP contribution is -2.27. The maximum absolute atomic E-state index is 13.9. The van der Waals surface area contributed by atoms with Gasteiger partial charge in [-0.05, 0) is 32.8 Å². The molecule has 0 spiro atoms. The lowest BCUT2D eigenvalue weighted by Gasteiger charge is -2.17. The predicted molar refractivity (Wildman–Crippen MR) is 73.0 cm³/mol. The quantitative estimate of drug-likeness (QED) is 0.780. The van der Waals surface area contributed by atoms with Crippen molar-refractivity contribution in [3.05, 3.63) is 29.6 Å². The maximum atomic E-state index is 13.9. The van der Waals surface area contributed by atoms with Gasteiger partial charge in [-0.3, -0.25) is 0 Å². The summed E-state index contributed by atoms with van der Waals surface area (Å²) in [6.07, 6.45) is 1.49. The predicted octanol–water partition coefficient (Wildman–Crippen LogP) is 2.41. The van der Waals surface area contributed by atoms with Gasteiger partial charge in [-0.15, -0.1) is 0 Å². The molecule has 1 fully saturated rings. The molecule has 20 heavy (non-hydrogen) atoms. The Bertz CT molecular complexity index is 474. The van der Waals surface area contributed by atoms with Crippen molar-refractivity contribution in [2.45, 2.75) is 45.4 Å². The second kappa shape index (κ2) is 6.70. The number of nitrogens with one attached hydrogen (secondary N) is 1. The number of rotatable bonds is 7. The molecule has 110 valence electrons. The molecule has 0 bridgehead atoms. The maximum Gasteiger partial charge on any atom is 0.347 e. The van der Waals surface area contributed by atoms with Crippen LogP contribution in [0, 0.1) is 5.82 Å². The zero-order valence-corrected chi connectivity index (χ0v) is 11.8. The first kappa shape index (κ1) is 14.8. The van der Waals surface area contributed by atoms with Crippen LogP contribution in [0.1, 0.15) is 32.3 Å². The number of carbonyl (C=O) groups excluding carboxylic acids is 1. The average Bonchev–Trinajstić information content (AvgIpc) is 3.23. The Labute approximate surface area is 118 Å². The molecule has 0 amide bonds. The summed E-state index contributed by atoms with van der Waals surface area (Å²) in [7, 11) is 0. The van der Waals surface area contributed by atoms with E-state index in [2.05, 4.69) is 5.32 Å². The Morgan fingerprint density at radius 1 is 1.50 bits per heavy atom. The smallest absolute Gasteiger partial charge is 0.347 e. The summed E-state index contributed by atoms with van der Waals surface area (Å²) >= 11 is 0. The Kier molecular flexibility index (Phi) is 4.95. The van der Waals surface area contributed by atoms with Gasteiger partial charge in [-0.25, -0.2) is 9.18 Å². The van der Waals surface area contributed by atoms with E-state index in [1.54, 1.807) is 26.0 Å². The molecule has 4 nitrogen and oxygen atoms in total. The van der Waals surface area contributed by atoms with Crippen LogP contribution in [-0.4, -0.2) is 24.7 Å². The molecule has 1 aromatic carbocycles. The first-order valence-electron chi connectivity index (χ1n) is 6.96. The van der Waals surface area contributed by atoms with Crippen LogP contribution in [0.5, 0.6) is 5.75 Å². The molecule has 1 unspecified atom stereocenters. The Hall–Kier alpha value is -1.62. The molecule has 1 aromatic rings. The van der Waals surface area contributed by atoms with E-state index in [0.717, 1.165) is 12.8 Å². The van der Waals surface area contributed by atoms with Crippen LogP contribution in [0.3, 0.4) is 0 Å². The van der Waals surface area contributed by atoms with Crippen molar-refractivity contribution in [1.82, 2.24) is 5.32 Å². The minimum absolute atomic E-state index is 0.126. The molecular formula is C15H20FNO3. The second-order valence-corrected chi connectivity index (χ2v) is 4.90. The van der Waals surface area contributed by atoms with Gasteiger partial charge in [-0.2, -0.15) is 0 Å². The molecule has 2 rings (SSSR count). The molecule has 1 atom stereocenters. The third-order valence-corrected chi connectivity index (χ3v) is 3.12. The average molecular weight is 281 g/mol. The topological polar surface area (TPSA) is 47.6 Å². The summed E-state index contributed by atoms with van der Waals surface area (Å²) in [4.78, 5) is 11.6. The van der Waals surface area contributed by atoms with Crippen LogP contribution in [0.15, 0.2) is 18.2 Å². The third kappa shape index (κ3) is 3.93. The molecule has 1 saturated carbocycles. The molecule has 1 aliphatic carbocycles. The Morgan fingerprint density at radius 3 is 2.90 bits per heavy atom. The molecule has 0 aliphatic heterocycles. The first-order chi connectivity index (χ1) is 9.61. The number of ether oxygens (including phenoxy) is 2. The van der Waals surface area contributed by atoms with Gasteiger partial charge in [0.2, 0.25) is 0 Å². The van der Waals surface area contributed by atoms with Gasteiger partial charge in [0, 0.05) is 18.2 Å². The first-order valence-corrected chi connectivity index (χ1v) is 6.96. The Balaban J connectivity index is 2.05. The van der Waals surface area contributed by atoms with Crippen molar-refractivity contribution < 1.29 is 18.7 Å². The van der Waals surface area contributed by atoms with E-state index in [1.165, 1.54) is 6.07 Å². The van der Waals surface area contributed by atoms with Gasteiger partial charge in [0.25, 0.3) is 0 Å². The summed E-state index contributed by atoms with van der Waals surface area (Å²) in [6.45, 7) is 4.09. The van der Waals surface area contributed by atoms with Crippen LogP contribution >= 0.6 is 0 Å². The number of esters is 1. The highest BCUT2D eigenvalue weighted by Gasteiger charge is 2.23. The zero-order valence-electron chi connectivity index (χ0n) is 11.8. The highest BCUT2D eigenvalue weighted by Crippen LogP contribution is 2.26. The van der Waals surface area contributed by atoms with E-state index < -0.39 is 17.9 Å². The van der Waals surface area contributed by atoms with E-state index in [9.17, 15) is 9.18 Å². The largest absolute Gasteiger partial charge is 0.476 e. The summed E-state index contributed by atoms with van der Waals surface area (Å²) in [5, 5.41) is 3.31. The van der Waals surface area contributed by atoms with Gasteiger partial charge >= 0.3 is 5.97 Å². The van der Waals surface area contributed by atoms with Crippen molar-refractivity contribution in [2.75, 3.05) is 6.61 Å². The monoisotopic (exact) mass is 281 g/mol. The summed E-state index contributed by atoms with van der Waals surface area (Å²) in [6, 6.07) is 5.29. The molecule has 0 saturated heterocycles. The van der Waals surface area contributed by atoms with Crippen LogP contribution in [-0.2, 0) is 16.1 Å². The van der Waals surface area contributed by atoms with Crippen LogP contribution in [0.25, 0.3) is 0 Å². The fourth-order valence-corrected chi connectivity index (χ4v) is 1.85. The highest BCUT2D eigenvalue weighted by molar-refractivity contribution is 5.74. The van der Waals surface area contributed by atoms with E-state index >= 15 is 0 Å². The van der Waals surface area contributed by atoms with E-state index in [0.29, 0.717) is 18.2 Å². The number of benzene rings is 1. The van der Waals surface area contributed by atoms with Crippen molar-refractivity contribution in [3.8, 4) is 5.75 Å². The fraction of sp³-hybridized carbons (Fsp3) is 0.533. The SMILES string of the molecule is CCOC(=O)C(C)Oc1c(F)cccc1CNC1CC1. The lowest BCUT2D eigenvalue weighted by atomic mass is 10.2. The fourth-order valence-electron chi connectivity index (χ4n) is 1.85. The molecule has 1 aliphatic rings. The van der Waals surface area contributed by atoms with E-state index in [4.69, 9.17) is 9.47 Å². The summed E-state index contributed by atoms with van der Waals surface area (Å²) in [5.74, 6) is -0.825. The molecule has 0 heterocycles. The minimum atomic E-state index is -0.827.